The van der Waals surface area contributed by atoms with E-state index in [1.807, 2.05) is 4.68 Å². The molecule has 2 aliphatic heterocycles. The molecule has 0 saturated carbocycles. The molecular formula is C16H30N6O. The molecule has 2 atom stereocenters. The van der Waals surface area contributed by atoms with Crippen LogP contribution in [-0.2, 0) is 11.3 Å². The summed E-state index contributed by atoms with van der Waals surface area (Å²) in [7, 11) is 0. The molecule has 0 spiro atoms. The van der Waals surface area contributed by atoms with Gasteiger partial charge in [0, 0.05) is 32.8 Å². The van der Waals surface area contributed by atoms with Gasteiger partial charge in [-0.15, -0.1) is 5.10 Å². The summed E-state index contributed by atoms with van der Waals surface area (Å²) < 4.78 is 7.75. The Bertz CT molecular complexity index is 465. The summed E-state index contributed by atoms with van der Waals surface area (Å²) in [5, 5.41) is 12.6. The second-order valence-corrected chi connectivity index (χ2v) is 6.63. The van der Waals surface area contributed by atoms with Gasteiger partial charge in [0.05, 0.1) is 18.7 Å². The zero-order chi connectivity index (χ0) is 16.1. The van der Waals surface area contributed by atoms with E-state index in [1.165, 1.54) is 0 Å². The lowest BCUT2D eigenvalue weighted by molar-refractivity contribution is 0.0774. The Labute approximate surface area is 139 Å². The monoisotopic (exact) mass is 322 g/mol. The lowest BCUT2D eigenvalue weighted by Gasteiger charge is -2.38. The third-order valence-corrected chi connectivity index (χ3v) is 5.12. The molecule has 0 radical (unpaired) electrons. The molecule has 0 aliphatic carbocycles. The largest absolute Gasteiger partial charge is 0.376 e. The maximum Gasteiger partial charge on any atom is 0.168 e. The second kappa shape index (κ2) is 8.17. The molecule has 23 heavy (non-hydrogen) atoms. The van der Waals surface area contributed by atoms with E-state index >= 15 is 0 Å². The van der Waals surface area contributed by atoms with Gasteiger partial charge in [-0.1, -0.05) is 20.3 Å². The molecule has 0 N–H and O–H groups in total. The molecule has 0 unspecified atom stereocenters. The molecule has 1 aromatic heterocycles. The molecule has 0 bridgehead atoms. The van der Waals surface area contributed by atoms with Crippen LogP contribution in [0.1, 0.15) is 51.4 Å². The third-order valence-electron chi connectivity index (χ3n) is 5.12. The minimum absolute atomic E-state index is 0.275. The summed E-state index contributed by atoms with van der Waals surface area (Å²) in [5.74, 6) is 1.02. The van der Waals surface area contributed by atoms with Gasteiger partial charge in [-0.3, -0.25) is 4.90 Å². The maximum absolute atomic E-state index is 5.76. The van der Waals surface area contributed by atoms with E-state index in [1.54, 1.807) is 0 Å². The Balaban J connectivity index is 1.69. The van der Waals surface area contributed by atoms with E-state index in [2.05, 4.69) is 39.2 Å². The van der Waals surface area contributed by atoms with E-state index < -0.39 is 0 Å². The number of ether oxygens (including phenoxy) is 1. The van der Waals surface area contributed by atoms with Gasteiger partial charge in [-0.05, 0) is 36.2 Å². The fraction of sp³-hybridized carbons (Fsp3) is 0.938. The van der Waals surface area contributed by atoms with Crippen LogP contribution in [0.25, 0.3) is 0 Å². The number of tetrazole rings is 1. The molecule has 0 aromatic carbocycles. The van der Waals surface area contributed by atoms with Crippen molar-refractivity contribution < 1.29 is 4.74 Å². The molecule has 2 aliphatic rings. The SMILES string of the molecule is CCC[C@@H](c1nnnn1C[C@H]1CCCO1)N1CCN(CC)CC1. The number of piperazine rings is 1. The molecule has 7 heteroatoms. The quantitative estimate of drug-likeness (QED) is 0.755. The average molecular weight is 322 g/mol. The summed E-state index contributed by atoms with van der Waals surface area (Å²) in [4.78, 5) is 5.07. The van der Waals surface area contributed by atoms with E-state index in [-0.39, 0.29) is 6.10 Å². The Morgan fingerprint density at radius 2 is 2.04 bits per heavy atom. The first kappa shape index (κ1) is 16.8. The topological polar surface area (TPSA) is 59.3 Å². The summed E-state index contributed by atoms with van der Waals surface area (Å²) in [5.41, 5.74) is 0. The van der Waals surface area contributed by atoms with Crippen LogP contribution in [0.4, 0.5) is 0 Å². The molecular weight excluding hydrogens is 292 g/mol. The number of hydrogen-bond donors (Lipinski definition) is 0. The van der Waals surface area contributed by atoms with Crippen molar-refractivity contribution in [1.82, 2.24) is 30.0 Å². The zero-order valence-corrected chi connectivity index (χ0v) is 14.5. The predicted molar refractivity (Wildman–Crippen MR) is 88.1 cm³/mol. The first-order chi connectivity index (χ1) is 11.3. The van der Waals surface area contributed by atoms with E-state index in [0.717, 1.165) is 77.4 Å². The van der Waals surface area contributed by atoms with Crippen molar-refractivity contribution in [3.05, 3.63) is 5.82 Å². The molecule has 2 saturated heterocycles. The van der Waals surface area contributed by atoms with Crippen LogP contribution in [0.15, 0.2) is 0 Å². The lowest BCUT2D eigenvalue weighted by Crippen LogP contribution is -2.48. The molecule has 3 rings (SSSR count). The number of hydrogen-bond acceptors (Lipinski definition) is 6. The molecule has 7 nitrogen and oxygen atoms in total. The number of nitrogens with zero attached hydrogens (tertiary/aromatic N) is 6. The van der Waals surface area contributed by atoms with Gasteiger partial charge < -0.3 is 9.64 Å². The van der Waals surface area contributed by atoms with Crippen molar-refractivity contribution in [1.29, 1.82) is 0 Å². The van der Waals surface area contributed by atoms with Gasteiger partial charge in [-0.25, -0.2) is 4.68 Å². The van der Waals surface area contributed by atoms with E-state index in [0.29, 0.717) is 6.04 Å². The Morgan fingerprint density at radius 3 is 2.70 bits per heavy atom. The Kier molecular flexibility index (Phi) is 5.96. The van der Waals surface area contributed by atoms with Crippen LogP contribution in [0.5, 0.6) is 0 Å². The van der Waals surface area contributed by atoms with Crippen LogP contribution in [0.2, 0.25) is 0 Å². The van der Waals surface area contributed by atoms with Crippen LogP contribution in [0.3, 0.4) is 0 Å². The van der Waals surface area contributed by atoms with E-state index in [9.17, 15) is 0 Å². The van der Waals surface area contributed by atoms with Gasteiger partial charge in [0.25, 0.3) is 0 Å². The number of aromatic nitrogens is 4. The minimum Gasteiger partial charge on any atom is -0.376 e. The van der Waals surface area contributed by atoms with Crippen molar-refractivity contribution in [3.8, 4) is 0 Å². The van der Waals surface area contributed by atoms with Crippen LogP contribution in [0, 0.1) is 0 Å². The van der Waals surface area contributed by atoms with Gasteiger partial charge in [0.2, 0.25) is 0 Å². The highest BCUT2D eigenvalue weighted by atomic mass is 16.5. The molecule has 1 aromatic rings. The standard InChI is InChI=1S/C16H30N6O/c1-3-6-15(21-10-8-20(4-2)9-11-21)16-17-18-19-22(16)13-14-7-5-12-23-14/h14-15H,3-13H2,1-2H3/t14-,15+/m1/s1. The molecule has 130 valence electrons. The summed E-state index contributed by atoms with van der Waals surface area (Å²) in [6.45, 7) is 11.8. The van der Waals surface area contributed by atoms with Crippen molar-refractivity contribution in [3.63, 3.8) is 0 Å². The third kappa shape index (κ3) is 4.08. The maximum atomic E-state index is 5.76. The van der Waals surface area contributed by atoms with Gasteiger partial charge in [0.1, 0.15) is 0 Å². The highest BCUT2D eigenvalue weighted by Gasteiger charge is 2.29. The predicted octanol–water partition coefficient (Wildman–Crippen LogP) is 1.33. The summed E-state index contributed by atoms with van der Waals surface area (Å²) in [6, 6.07) is 0.329. The fourth-order valence-electron chi connectivity index (χ4n) is 3.70. The number of rotatable bonds is 7. The first-order valence-corrected chi connectivity index (χ1v) is 9.15. The van der Waals surface area contributed by atoms with Crippen LogP contribution < -0.4 is 0 Å². The Morgan fingerprint density at radius 1 is 1.22 bits per heavy atom. The zero-order valence-electron chi connectivity index (χ0n) is 14.5. The van der Waals surface area contributed by atoms with E-state index in [4.69, 9.17) is 4.74 Å². The summed E-state index contributed by atoms with van der Waals surface area (Å²) >= 11 is 0. The van der Waals surface area contributed by atoms with Gasteiger partial charge in [0.15, 0.2) is 5.82 Å². The lowest BCUT2D eigenvalue weighted by atomic mass is 10.1. The normalized spacial score (nSPS) is 25.0. The first-order valence-electron chi connectivity index (χ1n) is 9.15. The molecule has 3 heterocycles. The summed E-state index contributed by atoms with van der Waals surface area (Å²) in [6.07, 6.45) is 4.80. The highest BCUT2D eigenvalue weighted by Crippen LogP contribution is 2.26. The van der Waals surface area contributed by atoms with Crippen molar-refractivity contribution in [2.24, 2.45) is 0 Å². The molecule has 2 fully saturated rings. The number of likely N-dealkylation sites (N-methyl/N-ethyl adjacent to an activating group) is 1. The van der Waals surface area contributed by atoms with Crippen molar-refractivity contribution in [2.75, 3.05) is 39.3 Å². The smallest absolute Gasteiger partial charge is 0.168 e. The van der Waals surface area contributed by atoms with Crippen molar-refractivity contribution >= 4 is 0 Å². The average Bonchev–Trinajstić information content (AvgIpc) is 3.25. The second-order valence-electron chi connectivity index (χ2n) is 6.63. The van der Waals surface area contributed by atoms with Crippen LogP contribution in [-0.4, -0.2) is 75.4 Å². The van der Waals surface area contributed by atoms with Crippen molar-refractivity contribution in [2.45, 2.75) is 58.2 Å². The Hall–Kier alpha value is -1.05. The highest BCUT2D eigenvalue weighted by molar-refractivity contribution is 4.95. The molecule has 0 amide bonds. The van der Waals surface area contributed by atoms with Crippen LogP contribution >= 0.6 is 0 Å². The van der Waals surface area contributed by atoms with Gasteiger partial charge >= 0.3 is 0 Å². The minimum atomic E-state index is 0.275. The fourth-order valence-corrected chi connectivity index (χ4v) is 3.70. The van der Waals surface area contributed by atoms with Gasteiger partial charge in [-0.2, -0.15) is 0 Å².